The van der Waals surface area contributed by atoms with Crippen LogP contribution >= 0.6 is 0 Å². The van der Waals surface area contributed by atoms with Gasteiger partial charge in [0.15, 0.2) is 5.82 Å². The number of nitrogens with two attached hydrogens (primary N) is 1. The maximum atomic E-state index is 11.4. The number of benzene rings is 1. The van der Waals surface area contributed by atoms with E-state index in [1.54, 1.807) is 24.4 Å². The smallest absolute Gasteiger partial charge is 0.248 e. The fraction of sp³-hybridized carbons (Fsp3) is 0.435. The molecule has 1 aromatic heterocycles. The van der Waals surface area contributed by atoms with E-state index in [2.05, 4.69) is 25.3 Å². The van der Waals surface area contributed by atoms with Crippen molar-refractivity contribution >= 4 is 23.6 Å². The highest BCUT2D eigenvalue weighted by Gasteiger charge is 2.15. The maximum Gasteiger partial charge on any atom is 0.248 e. The Labute approximate surface area is 193 Å². The SMILES string of the molecule is NC(=O)c1cccc(/C=N/Nc2cc(N3CCOCC3)cc(OCCN3CCOCC3)n2)c1. The summed E-state index contributed by atoms with van der Waals surface area (Å²) >= 11 is 0. The highest BCUT2D eigenvalue weighted by Crippen LogP contribution is 2.25. The first-order valence-corrected chi connectivity index (χ1v) is 11.1. The van der Waals surface area contributed by atoms with E-state index in [4.69, 9.17) is 19.9 Å². The first kappa shape index (κ1) is 23.0. The molecule has 2 aliphatic rings. The van der Waals surface area contributed by atoms with Crippen LogP contribution in [0.1, 0.15) is 15.9 Å². The van der Waals surface area contributed by atoms with Crippen LogP contribution in [-0.2, 0) is 9.47 Å². The third-order valence-electron chi connectivity index (χ3n) is 5.49. The van der Waals surface area contributed by atoms with Crippen LogP contribution in [0.5, 0.6) is 5.88 Å². The minimum atomic E-state index is -0.475. The summed E-state index contributed by atoms with van der Waals surface area (Å²) in [5.74, 6) is 0.639. The molecule has 0 spiro atoms. The molecule has 0 unspecified atom stereocenters. The molecule has 0 atom stereocenters. The lowest BCUT2D eigenvalue weighted by atomic mass is 10.1. The molecule has 0 saturated carbocycles. The average Bonchev–Trinajstić information content (AvgIpc) is 2.85. The van der Waals surface area contributed by atoms with Crippen LogP contribution in [-0.4, -0.2) is 87.8 Å². The summed E-state index contributed by atoms with van der Waals surface area (Å²) in [5.41, 5.74) is 10.5. The second-order valence-electron chi connectivity index (χ2n) is 7.81. The molecule has 33 heavy (non-hydrogen) atoms. The van der Waals surface area contributed by atoms with Gasteiger partial charge in [-0.3, -0.25) is 15.1 Å². The molecule has 10 nitrogen and oxygen atoms in total. The molecule has 2 aromatic rings. The fourth-order valence-electron chi connectivity index (χ4n) is 3.68. The minimum absolute atomic E-state index is 0.433. The Morgan fingerprint density at radius 1 is 1.12 bits per heavy atom. The van der Waals surface area contributed by atoms with E-state index < -0.39 is 5.91 Å². The van der Waals surface area contributed by atoms with Gasteiger partial charge in [-0.05, 0) is 17.7 Å². The van der Waals surface area contributed by atoms with Crippen LogP contribution in [0.4, 0.5) is 11.5 Å². The van der Waals surface area contributed by atoms with Crippen molar-refractivity contribution in [2.75, 3.05) is 76.1 Å². The summed E-state index contributed by atoms with van der Waals surface area (Å²) in [7, 11) is 0. The number of rotatable bonds is 9. The van der Waals surface area contributed by atoms with Crippen LogP contribution in [0.2, 0.25) is 0 Å². The summed E-state index contributed by atoms with van der Waals surface area (Å²) in [6.45, 7) is 7.72. The van der Waals surface area contributed by atoms with Gasteiger partial charge in [0.25, 0.3) is 0 Å². The van der Waals surface area contributed by atoms with Crippen molar-refractivity contribution in [3.05, 3.63) is 47.5 Å². The van der Waals surface area contributed by atoms with E-state index in [1.165, 1.54) is 0 Å². The van der Waals surface area contributed by atoms with Crippen LogP contribution in [0.25, 0.3) is 0 Å². The molecular formula is C23H30N6O4. The van der Waals surface area contributed by atoms with Crippen LogP contribution in [0, 0.1) is 0 Å². The Morgan fingerprint density at radius 2 is 1.88 bits per heavy atom. The molecule has 2 saturated heterocycles. The molecule has 0 bridgehead atoms. The summed E-state index contributed by atoms with van der Waals surface area (Å²) in [6, 6.07) is 10.9. The first-order valence-electron chi connectivity index (χ1n) is 11.1. The molecule has 176 valence electrons. The predicted octanol–water partition coefficient (Wildman–Crippen LogP) is 1.17. The van der Waals surface area contributed by atoms with Gasteiger partial charge < -0.3 is 24.8 Å². The Morgan fingerprint density at radius 3 is 2.64 bits per heavy atom. The highest BCUT2D eigenvalue weighted by atomic mass is 16.5. The number of aromatic nitrogens is 1. The zero-order valence-electron chi connectivity index (χ0n) is 18.6. The number of carbonyl (C=O) groups is 1. The number of morpholine rings is 2. The van der Waals surface area contributed by atoms with E-state index in [0.717, 1.165) is 57.2 Å². The number of pyridine rings is 1. The van der Waals surface area contributed by atoms with E-state index in [0.29, 0.717) is 37.1 Å². The number of carbonyl (C=O) groups excluding carboxylic acids is 1. The van der Waals surface area contributed by atoms with E-state index >= 15 is 0 Å². The van der Waals surface area contributed by atoms with Crippen LogP contribution < -0.4 is 20.8 Å². The van der Waals surface area contributed by atoms with E-state index in [9.17, 15) is 4.79 Å². The topological polar surface area (TPSA) is 115 Å². The standard InChI is InChI=1S/C23H30N6O4/c24-23(30)19-3-1-2-18(14-19)17-25-27-21-15-20(29-7-11-32-12-8-29)16-22(26-21)33-13-6-28-4-9-31-10-5-28/h1-3,14-17H,4-13H2,(H2,24,30)(H,26,27)/b25-17+. The van der Waals surface area contributed by atoms with E-state index in [1.807, 2.05) is 18.2 Å². The van der Waals surface area contributed by atoms with Gasteiger partial charge >= 0.3 is 0 Å². The average molecular weight is 455 g/mol. The third kappa shape index (κ3) is 6.88. The van der Waals surface area contributed by atoms with Gasteiger partial charge in [0.05, 0.1) is 32.6 Å². The molecule has 1 amide bonds. The Balaban J connectivity index is 1.43. The fourth-order valence-corrected chi connectivity index (χ4v) is 3.68. The molecular weight excluding hydrogens is 424 g/mol. The normalized spacial score (nSPS) is 17.3. The van der Waals surface area contributed by atoms with Crippen molar-refractivity contribution in [2.24, 2.45) is 10.8 Å². The molecule has 3 heterocycles. The Bertz CT molecular complexity index is 958. The number of nitrogens with one attached hydrogen (secondary N) is 1. The summed E-state index contributed by atoms with van der Waals surface area (Å²) < 4.78 is 16.9. The molecule has 10 heteroatoms. The van der Waals surface area contributed by atoms with Gasteiger partial charge in [0.2, 0.25) is 11.8 Å². The molecule has 2 fully saturated rings. The Hall–Kier alpha value is -3.21. The van der Waals surface area contributed by atoms with Crippen LogP contribution in [0.3, 0.4) is 0 Å². The Kier molecular flexibility index (Phi) is 8.07. The van der Waals surface area contributed by atoms with Crippen molar-refractivity contribution in [3.8, 4) is 5.88 Å². The maximum absolute atomic E-state index is 11.4. The van der Waals surface area contributed by atoms with Gasteiger partial charge in [0, 0.05) is 56.1 Å². The lowest BCUT2D eigenvalue weighted by molar-refractivity contribution is 0.0320. The number of hydrazone groups is 1. The largest absolute Gasteiger partial charge is 0.476 e. The van der Waals surface area contributed by atoms with Crippen molar-refractivity contribution in [1.29, 1.82) is 0 Å². The summed E-state index contributed by atoms with van der Waals surface area (Å²) in [5, 5.41) is 4.28. The lowest BCUT2D eigenvalue weighted by Crippen LogP contribution is -2.38. The van der Waals surface area contributed by atoms with Gasteiger partial charge in [-0.1, -0.05) is 12.1 Å². The number of anilines is 2. The number of amides is 1. The number of nitrogens with zero attached hydrogens (tertiary/aromatic N) is 4. The highest BCUT2D eigenvalue weighted by molar-refractivity contribution is 5.94. The van der Waals surface area contributed by atoms with Gasteiger partial charge in [-0.2, -0.15) is 10.1 Å². The van der Waals surface area contributed by atoms with Gasteiger partial charge in [-0.15, -0.1) is 0 Å². The first-order chi connectivity index (χ1) is 16.2. The van der Waals surface area contributed by atoms with Gasteiger partial charge in [-0.25, -0.2) is 0 Å². The molecule has 0 aliphatic carbocycles. The molecule has 0 radical (unpaired) electrons. The quantitative estimate of drug-likeness (QED) is 0.429. The second-order valence-corrected chi connectivity index (χ2v) is 7.81. The van der Waals surface area contributed by atoms with Crippen molar-refractivity contribution < 1.29 is 19.0 Å². The second kappa shape index (κ2) is 11.6. The molecule has 4 rings (SSSR count). The predicted molar refractivity (Wildman–Crippen MR) is 126 cm³/mol. The van der Waals surface area contributed by atoms with Gasteiger partial charge in [0.1, 0.15) is 6.61 Å². The lowest BCUT2D eigenvalue weighted by Gasteiger charge is -2.29. The minimum Gasteiger partial charge on any atom is -0.476 e. The summed E-state index contributed by atoms with van der Waals surface area (Å²) in [6.07, 6.45) is 1.62. The number of ether oxygens (including phenoxy) is 3. The van der Waals surface area contributed by atoms with Crippen molar-refractivity contribution in [1.82, 2.24) is 9.88 Å². The molecule has 3 N–H and O–H groups in total. The number of hydrogen-bond acceptors (Lipinski definition) is 9. The van der Waals surface area contributed by atoms with Crippen LogP contribution in [0.15, 0.2) is 41.5 Å². The molecule has 1 aromatic carbocycles. The van der Waals surface area contributed by atoms with Crippen molar-refractivity contribution in [3.63, 3.8) is 0 Å². The zero-order chi connectivity index (χ0) is 22.9. The van der Waals surface area contributed by atoms with Crippen molar-refractivity contribution in [2.45, 2.75) is 0 Å². The monoisotopic (exact) mass is 454 g/mol. The molecule has 2 aliphatic heterocycles. The number of primary amides is 1. The number of hydrogen-bond donors (Lipinski definition) is 2. The van der Waals surface area contributed by atoms with E-state index in [-0.39, 0.29) is 0 Å². The summed E-state index contributed by atoms with van der Waals surface area (Å²) in [4.78, 5) is 20.5. The third-order valence-corrected chi connectivity index (χ3v) is 5.49. The zero-order valence-corrected chi connectivity index (χ0v) is 18.6.